The summed E-state index contributed by atoms with van der Waals surface area (Å²) in [6.45, 7) is 0. The number of carbonyl (C=O) groups is 1. The Morgan fingerprint density at radius 1 is 0.875 bits per heavy atom. The summed E-state index contributed by atoms with van der Waals surface area (Å²) in [6, 6.07) is 0. The third-order valence-electron chi connectivity index (χ3n) is 1.63. The Labute approximate surface area is 85.6 Å². The second kappa shape index (κ2) is 4.30. The SMILES string of the molecule is O=C([O-])C=Cc1c(F)c(F)c(F)c(F)c1F. The molecule has 0 aromatic heterocycles. The van der Waals surface area contributed by atoms with Crippen LogP contribution in [0.4, 0.5) is 22.0 Å². The molecule has 0 aliphatic carbocycles. The third kappa shape index (κ3) is 2.02. The van der Waals surface area contributed by atoms with Gasteiger partial charge in [-0.1, -0.05) is 0 Å². The highest BCUT2D eigenvalue weighted by molar-refractivity contribution is 5.83. The summed E-state index contributed by atoms with van der Waals surface area (Å²) < 4.78 is 63.4. The molecule has 0 aliphatic heterocycles. The molecule has 1 aromatic rings. The minimum Gasteiger partial charge on any atom is -0.545 e. The predicted octanol–water partition coefficient (Wildman–Crippen LogP) is 1.15. The van der Waals surface area contributed by atoms with Crippen molar-refractivity contribution in [2.24, 2.45) is 0 Å². The molecule has 0 atom stereocenters. The molecular weight excluding hydrogens is 235 g/mol. The van der Waals surface area contributed by atoms with Gasteiger partial charge in [0, 0.05) is 0 Å². The van der Waals surface area contributed by atoms with Crippen LogP contribution in [0.2, 0.25) is 0 Å². The van der Waals surface area contributed by atoms with E-state index in [-0.39, 0.29) is 12.2 Å². The fourth-order valence-electron chi connectivity index (χ4n) is 0.920. The first-order valence-corrected chi connectivity index (χ1v) is 3.76. The maximum Gasteiger partial charge on any atom is 0.200 e. The Hall–Kier alpha value is -1.92. The van der Waals surface area contributed by atoms with Gasteiger partial charge in [-0.05, 0) is 12.2 Å². The van der Waals surface area contributed by atoms with Gasteiger partial charge >= 0.3 is 0 Å². The minimum atomic E-state index is -2.30. The van der Waals surface area contributed by atoms with E-state index in [9.17, 15) is 31.9 Å². The molecule has 0 fully saturated rings. The van der Waals surface area contributed by atoms with E-state index in [1.807, 2.05) is 0 Å². The molecule has 1 aromatic carbocycles. The van der Waals surface area contributed by atoms with Crippen LogP contribution in [0.5, 0.6) is 0 Å². The van der Waals surface area contributed by atoms with Crippen LogP contribution in [-0.2, 0) is 4.79 Å². The van der Waals surface area contributed by atoms with E-state index in [1.165, 1.54) is 0 Å². The van der Waals surface area contributed by atoms with E-state index in [4.69, 9.17) is 0 Å². The number of carbonyl (C=O) groups excluding carboxylic acids is 1. The highest BCUT2D eigenvalue weighted by atomic mass is 19.2. The zero-order valence-corrected chi connectivity index (χ0v) is 7.36. The zero-order chi connectivity index (χ0) is 12.5. The van der Waals surface area contributed by atoms with Crippen molar-refractivity contribution >= 4 is 12.0 Å². The number of benzene rings is 1. The molecule has 86 valence electrons. The Morgan fingerprint density at radius 2 is 1.25 bits per heavy atom. The van der Waals surface area contributed by atoms with E-state index in [0.717, 1.165) is 0 Å². The van der Waals surface area contributed by atoms with E-state index < -0.39 is 40.6 Å². The minimum absolute atomic E-state index is 0.151. The van der Waals surface area contributed by atoms with Gasteiger partial charge in [-0.2, -0.15) is 0 Å². The van der Waals surface area contributed by atoms with Crippen LogP contribution in [0.3, 0.4) is 0 Å². The Morgan fingerprint density at radius 3 is 1.62 bits per heavy atom. The van der Waals surface area contributed by atoms with Gasteiger partial charge < -0.3 is 9.90 Å². The molecule has 0 bridgehead atoms. The van der Waals surface area contributed by atoms with Crippen molar-refractivity contribution in [1.82, 2.24) is 0 Å². The van der Waals surface area contributed by atoms with Crippen molar-refractivity contribution in [1.29, 1.82) is 0 Å². The number of aliphatic carboxylic acids is 1. The topological polar surface area (TPSA) is 40.1 Å². The average Bonchev–Trinajstić information content (AvgIpc) is 2.23. The molecule has 0 N–H and O–H groups in total. The van der Waals surface area contributed by atoms with Crippen LogP contribution in [-0.4, -0.2) is 5.97 Å². The van der Waals surface area contributed by atoms with Crippen molar-refractivity contribution in [2.75, 3.05) is 0 Å². The van der Waals surface area contributed by atoms with Gasteiger partial charge in [-0.3, -0.25) is 0 Å². The van der Waals surface area contributed by atoms with E-state index in [1.54, 1.807) is 0 Å². The van der Waals surface area contributed by atoms with Crippen molar-refractivity contribution in [2.45, 2.75) is 0 Å². The highest BCUT2D eigenvalue weighted by Gasteiger charge is 2.23. The van der Waals surface area contributed by atoms with Crippen LogP contribution >= 0.6 is 0 Å². The van der Waals surface area contributed by atoms with Gasteiger partial charge in [0.05, 0.1) is 11.5 Å². The van der Waals surface area contributed by atoms with Crippen LogP contribution < -0.4 is 5.11 Å². The summed E-state index contributed by atoms with van der Waals surface area (Å²) >= 11 is 0. The summed E-state index contributed by atoms with van der Waals surface area (Å²) in [5.41, 5.74) is -1.33. The molecule has 7 heteroatoms. The van der Waals surface area contributed by atoms with Crippen LogP contribution in [0.15, 0.2) is 6.08 Å². The molecule has 0 spiro atoms. The summed E-state index contributed by atoms with van der Waals surface area (Å²) in [5.74, 6) is -12.6. The number of hydrogen-bond acceptors (Lipinski definition) is 2. The molecule has 0 aliphatic rings. The Balaban J connectivity index is 3.45. The predicted molar refractivity (Wildman–Crippen MR) is 40.3 cm³/mol. The lowest BCUT2D eigenvalue weighted by Crippen LogP contribution is -2.18. The molecule has 2 nitrogen and oxygen atoms in total. The largest absolute Gasteiger partial charge is 0.545 e. The van der Waals surface area contributed by atoms with Gasteiger partial charge in [0.15, 0.2) is 23.3 Å². The smallest absolute Gasteiger partial charge is 0.200 e. The Bertz CT molecular complexity index is 452. The molecule has 1 rings (SSSR count). The molecule has 0 saturated carbocycles. The van der Waals surface area contributed by atoms with Gasteiger partial charge in [-0.15, -0.1) is 0 Å². The number of carboxylic acids is 1. The molecule has 0 saturated heterocycles. The fourth-order valence-corrected chi connectivity index (χ4v) is 0.920. The second-order valence-electron chi connectivity index (χ2n) is 2.64. The number of halogens is 5. The van der Waals surface area contributed by atoms with Crippen molar-refractivity contribution in [3.63, 3.8) is 0 Å². The molecular formula is C9H2F5O2-. The van der Waals surface area contributed by atoms with Crippen molar-refractivity contribution in [3.8, 4) is 0 Å². The quantitative estimate of drug-likeness (QED) is 0.335. The van der Waals surface area contributed by atoms with Gasteiger partial charge in [0.25, 0.3) is 0 Å². The van der Waals surface area contributed by atoms with Crippen LogP contribution in [0, 0.1) is 29.1 Å². The van der Waals surface area contributed by atoms with E-state index in [0.29, 0.717) is 0 Å². The van der Waals surface area contributed by atoms with Gasteiger partial charge in [-0.25, -0.2) is 22.0 Å². The lowest BCUT2D eigenvalue weighted by atomic mass is 10.1. The van der Waals surface area contributed by atoms with E-state index >= 15 is 0 Å². The first-order valence-electron chi connectivity index (χ1n) is 3.76. The summed E-state index contributed by atoms with van der Waals surface area (Å²) in [5, 5.41) is 9.93. The standard InChI is InChI=1S/C9H3F5O2/c10-5-3(1-2-4(15)16)6(11)8(13)9(14)7(5)12/h1-2H,(H,15,16)/p-1. The molecule has 0 radical (unpaired) electrons. The summed E-state index contributed by atoms with van der Waals surface area (Å²) in [6.07, 6.45) is 0.379. The number of rotatable bonds is 2. The maximum absolute atomic E-state index is 12.9. The normalized spacial score (nSPS) is 11.1. The summed E-state index contributed by atoms with van der Waals surface area (Å²) in [7, 11) is 0. The van der Waals surface area contributed by atoms with Crippen LogP contribution in [0.1, 0.15) is 5.56 Å². The monoisotopic (exact) mass is 237 g/mol. The maximum atomic E-state index is 12.9. The second-order valence-corrected chi connectivity index (χ2v) is 2.64. The van der Waals surface area contributed by atoms with E-state index in [2.05, 4.69) is 0 Å². The average molecular weight is 237 g/mol. The first kappa shape index (κ1) is 12.2. The van der Waals surface area contributed by atoms with Gasteiger partial charge in [0.1, 0.15) is 0 Å². The first-order chi connectivity index (χ1) is 7.36. The van der Waals surface area contributed by atoms with Crippen LogP contribution in [0.25, 0.3) is 6.08 Å². The van der Waals surface area contributed by atoms with Gasteiger partial charge in [0.2, 0.25) is 5.82 Å². The lowest BCUT2D eigenvalue weighted by Gasteiger charge is -2.04. The number of carboxylic acid groups (broad SMARTS) is 1. The number of hydrogen-bond donors (Lipinski definition) is 0. The highest BCUT2D eigenvalue weighted by Crippen LogP contribution is 2.23. The molecule has 16 heavy (non-hydrogen) atoms. The Kier molecular flexibility index (Phi) is 3.26. The fraction of sp³-hybridized carbons (Fsp3) is 0. The van der Waals surface area contributed by atoms with Crippen molar-refractivity contribution < 1.29 is 31.9 Å². The molecule has 0 unspecified atom stereocenters. The molecule has 0 amide bonds. The summed E-state index contributed by atoms with van der Waals surface area (Å²) in [4.78, 5) is 9.93. The third-order valence-corrected chi connectivity index (χ3v) is 1.63. The lowest BCUT2D eigenvalue weighted by molar-refractivity contribution is -0.297. The zero-order valence-electron chi connectivity index (χ0n) is 7.36. The molecule has 0 heterocycles. The van der Waals surface area contributed by atoms with Crippen molar-refractivity contribution in [3.05, 3.63) is 40.7 Å².